The Balaban J connectivity index is 2.90. The molecule has 1 heterocycles. The zero-order valence-electron chi connectivity index (χ0n) is 11.8. The molecule has 3 N–H and O–H groups in total. The molecule has 21 heavy (non-hydrogen) atoms. The average molecular weight is 310 g/mol. The normalized spacial score (nSPS) is 10.7. The number of nitrogens with zero attached hydrogens (tertiary/aromatic N) is 2. The van der Waals surface area contributed by atoms with Gasteiger partial charge in [0.05, 0.1) is 17.9 Å². The Morgan fingerprint density at radius 1 is 1.48 bits per heavy atom. The first kappa shape index (κ1) is 16.9. The lowest BCUT2D eigenvalue weighted by atomic mass is 10.1. The summed E-state index contributed by atoms with van der Waals surface area (Å²) in [6, 6.07) is 3.73. The van der Waals surface area contributed by atoms with E-state index in [1.807, 2.05) is 6.07 Å². The first-order chi connectivity index (χ1) is 9.93. The van der Waals surface area contributed by atoms with Gasteiger partial charge in [-0.15, -0.1) is 0 Å². The third-order valence-corrected chi connectivity index (χ3v) is 3.96. The maximum absolute atomic E-state index is 11.3. The largest absolute Gasteiger partial charge is 0.395 e. The Morgan fingerprint density at radius 3 is 2.76 bits per heavy atom. The van der Waals surface area contributed by atoms with E-state index in [0.717, 1.165) is 5.41 Å². The Kier molecular flexibility index (Phi) is 6.14. The summed E-state index contributed by atoms with van der Waals surface area (Å²) in [5.74, 6) is 0.697. The van der Waals surface area contributed by atoms with Crippen LogP contribution in [0.25, 0.3) is 0 Å². The predicted octanol–water partition coefficient (Wildman–Crippen LogP) is 0.636. The van der Waals surface area contributed by atoms with Crippen molar-refractivity contribution in [1.29, 1.82) is 5.26 Å². The highest BCUT2D eigenvalue weighted by molar-refractivity contribution is 7.94. The topological polar surface area (TPSA) is 115 Å². The molecule has 0 atom stereocenters. The smallest absolute Gasteiger partial charge is 0.172 e. The molecule has 1 aromatic rings. The van der Waals surface area contributed by atoms with Gasteiger partial charge in [0.25, 0.3) is 0 Å². The fourth-order valence-corrected chi connectivity index (χ4v) is 2.16. The molecule has 0 aliphatic heterocycles. The minimum absolute atomic E-state index is 0.0406. The Morgan fingerprint density at radius 2 is 2.19 bits per heavy atom. The number of anilines is 2. The maximum atomic E-state index is 11.3. The van der Waals surface area contributed by atoms with Crippen LogP contribution in [-0.2, 0) is 9.84 Å². The molecule has 0 fully saturated rings. The summed E-state index contributed by atoms with van der Waals surface area (Å²) in [7, 11) is -3.30. The highest BCUT2D eigenvalue weighted by atomic mass is 32.2. The molecule has 0 aromatic carbocycles. The van der Waals surface area contributed by atoms with Gasteiger partial charge in [-0.05, 0) is 18.6 Å². The van der Waals surface area contributed by atoms with Crippen molar-refractivity contribution in [3.05, 3.63) is 29.2 Å². The van der Waals surface area contributed by atoms with Crippen molar-refractivity contribution in [2.75, 3.05) is 36.1 Å². The molecule has 0 saturated heterocycles. The van der Waals surface area contributed by atoms with Crippen LogP contribution in [0.5, 0.6) is 0 Å². The third kappa shape index (κ3) is 5.06. The highest BCUT2D eigenvalue weighted by Gasteiger charge is 2.11. The zero-order chi connectivity index (χ0) is 15.9. The number of sulfone groups is 1. The van der Waals surface area contributed by atoms with E-state index in [2.05, 4.69) is 22.2 Å². The molecule has 0 radical (unpaired) electrons. The average Bonchev–Trinajstić information content (AvgIpc) is 2.44. The lowest BCUT2D eigenvalue weighted by Gasteiger charge is -2.12. The fraction of sp³-hybridized carbons (Fsp3) is 0.385. The van der Waals surface area contributed by atoms with Crippen molar-refractivity contribution in [3.8, 4) is 6.07 Å². The molecular weight excluding hydrogens is 292 g/mol. The molecular formula is C13H18N4O3S. The predicted molar refractivity (Wildman–Crippen MR) is 81.7 cm³/mol. The van der Waals surface area contributed by atoms with E-state index < -0.39 is 9.84 Å². The monoisotopic (exact) mass is 310 g/mol. The molecule has 8 heteroatoms. The maximum Gasteiger partial charge on any atom is 0.172 e. The van der Waals surface area contributed by atoms with Crippen LogP contribution in [-0.4, -0.2) is 44.0 Å². The molecule has 0 unspecified atom stereocenters. The van der Waals surface area contributed by atoms with Gasteiger partial charge in [0.2, 0.25) is 0 Å². The SMILES string of the molecule is C=CS(=O)(=O)CCNc1nc(NCCO)cc(C)c1C#N. The second-order valence-electron chi connectivity index (χ2n) is 4.27. The number of hydrogen-bond donors (Lipinski definition) is 3. The summed E-state index contributed by atoms with van der Waals surface area (Å²) in [6.45, 7) is 5.42. The quantitative estimate of drug-likeness (QED) is 0.645. The second-order valence-corrected chi connectivity index (χ2v) is 6.34. The van der Waals surface area contributed by atoms with Crippen LogP contribution < -0.4 is 10.6 Å². The van der Waals surface area contributed by atoms with Crippen LogP contribution >= 0.6 is 0 Å². The summed E-state index contributed by atoms with van der Waals surface area (Å²) in [4.78, 5) is 4.21. The standard InChI is InChI=1S/C13H18N4O3S/c1-3-21(19,20)7-5-16-13-11(9-14)10(2)8-12(17-13)15-4-6-18/h3,8,18H,1,4-7H2,2H3,(H2,15,16,17). The van der Waals surface area contributed by atoms with Gasteiger partial charge < -0.3 is 15.7 Å². The van der Waals surface area contributed by atoms with Gasteiger partial charge in [-0.3, -0.25) is 0 Å². The Bertz CT molecular complexity index is 650. The minimum Gasteiger partial charge on any atom is -0.395 e. The van der Waals surface area contributed by atoms with Crippen LogP contribution in [0.4, 0.5) is 11.6 Å². The number of aromatic nitrogens is 1. The van der Waals surface area contributed by atoms with E-state index >= 15 is 0 Å². The van der Waals surface area contributed by atoms with E-state index in [-0.39, 0.29) is 18.9 Å². The molecule has 0 spiro atoms. The second kappa shape index (κ2) is 7.61. The molecule has 1 rings (SSSR count). The van der Waals surface area contributed by atoms with E-state index in [4.69, 9.17) is 10.4 Å². The fourth-order valence-electron chi connectivity index (χ4n) is 1.61. The summed E-state index contributed by atoms with van der Waals surface area (Å²) in [6.07, 6.45) is 0. The molecule has 0 aliphatic rings. The van der Waals surface area contributed by atoms with Crippen molar-refractivity contribution in [1.82, 2.24) is 4.98 Å². The van der Waals surface area contributed by atoms with Crippen molar-refractivity contribution < 1.29 is 13.5 Å². The third-order valence-electron chi connectivity index (χ3n) is 2.68. The van der Waals surface area contributed by atoms with Crippen LogP contribution in [0.3, 0.4) is 0 Å². The molecule has 114 valence electrons. The summed E-state index contributed by atoms with van der Waals surface area (Å²) in [5, 5.41) is 24.6. The number of pyridine rings is 1. The first-order valence-corrected chi connectivity index (χ1v) is 8.00. The number of nitriles is 1. The van der Waals surface area contributed by atoms with Crippen molar-refractivity contribution in [2.45, 2.75) is 6.92 Å². The molecule has 0 aliphatic carbocycles. The summed E-state index contributed by atoms with van der Waals surface area (Å²) >= 11 is 0. The van der Waals surface area contributed by atoms with Crippen LogP contribution in [0, 0.1) is 18.3 Å². The first-order valence-electron chi connectivity index (χ1n) is 6.29. The molecule has 7 nitrogen and oxygen atoms in total. The van der Waals surface area contributed by atoms with E-state index in [0.29, 0.717) is 29.3 Å². The van der Waals surface area contributed by atoms with Crippen LogP contribution in [0.1, 0.15) is 11.1 Å². The zero-order valence-corrected chi connectivity index (χ0v) is 12.6. The number of hydrogen-bond acceptors (Lipinski definition) is 7. The van der Waals surface area contributed by atoms with Gasteiger partial charge in [-0.1, -0.05) is 6.58 Å². The van der Waals surface area contributed by atoms with E-state index in [1.165, 1.54) is 0 Å². The van der Waals surface area contributed by atoms with Gasteiger partial charge in [0, 0.05) is 18.5 Å². The van der Waals surface area contributed by atoms with Crippen molar-refractivity contribution in [2.24, 2.45) is 0 Å². The number of aliphatic hydroxyl groups excluding tert-OH is 1. The summed E-state index contributed by atoms with van der Waals surface area (Å²) in [5.41, 5.74) is 1.07. The Labute approximate surface area is 124 Å². The summed E-state index contributed by atoms with van der Waals surface area (Å²) < 4.78 is 22.7. The number of nitrogens with one attached hydrogen (secondary N) is 2. The molecule has 0 saturated carbocycles. The van der Waals surface area contributed by atoms with Gasteiger partial charge in [0.15, 0.2) is 9.84 Å². The lowest BCUT2D eigenvalue weighted by Crippen LogP contribution is -2.16. The highest BCUT2D eigenvalue weighted by Crippen LogP contribution is 2.20. The number of rotatable bonds is 8. The molecule has 1 aromatic heterocycles. The van der Waals surface area contributed by atoms with E-state index in [1.54, 1.807) is 13.0 Å². The lowest BCUT2D eigenvalue weighted by molar-refractivity contribution is 0.311. The van der Waals surface area contributed by atoms with Gasteiger partial charge in [0.1, 0.15) is 17.7 Å². The van der Waals surface area contributed by atoms with E-state index in [9.17, 15) is 8.42 Å². The number of aliphatic hydroxyl groups is 1. The van der Waals surface area contributed by atoms with Gasteiger partial charge >= 0.3 is 0 Å². The van der Waals surface area contributed by atoms with Crippen LogP contribution in [0.15, 0.2) is 18.1 Å². The van der Waals surface area contributed by atoms with Gasteiger partial charge in [-0.25, -0.2) is 13.4 Å². The van der Waals surface area contributed by atoms with Crippen molar-refractivity contribution >= 4 is 21.5 Å². The Hall–Kier alpha value is -2.11. The van der Waals surface area contributed by atoms with Gasteiger partial charge in [-0.2, -0.15) is 5.26 Å². The minimum atomic E-state index is -3.30. The van der Waals surface area contributed by atoms with Crippen LogP contribution in [0.2, 0.25) is 0 Å². The van der Waals surface area contributed by atoms with Crippen molar-refractivity contribution in [3.63, 3.8) is 0 Å². The molecule has 0 bridgehead atoms. The molecule has 0 amide bonds. The number of aryl methyl sites for hydroxylation is 1.